The van der Waals surface area contributed by atoms with Crippen LogP contribution in [0.2, 0.25) is 5.02 Å². The molecule has 1 aromatic carbocycles. The van der Waals surface area contributed by atoms with Crippen LogP contribution >= 0.6 is 11.6 Å². The molecule has 1 heterocycles. The van der Waals surface area contributed by atoms with Gasteiger partial charge < -0.3 is 10.1 Å². The van der Waals surface area contributed by atoms with Crippen molar-refractivity contribution in [1.82, 2.24) is 10.2 Å². The molecule has 1 saturated carbocycles. The number of amides is 1. The number of likely N-dealkylation sites (tertiary alicyclic amines) is 1. The molecule has 1 aromatic rings. The van der Waals surface area contributed by atoms with Gasteiger partial charge in [0.2, 0.25) is 0 Å². The van der Waals surface area contributed by atoms with E-state index in [1.54, 1.807) is 12.1 Å². The summed E-state index contributed by atoms with van der Waals surface area (Å²) < 4.78 is 5.56. The average Bonchev–Trinajstić information content (AvgIpc) is 2.67. The van der Waals surface area contributed by atoms with Crippen molar-refractivity contribution in [1.29, 1.82) is 0 Å². The van der Waals surface area contributed by atoms with Gasteiger partial charge in [0.1, 0.15) is 5.75 Å². The Balaban J connectivity index is 1.53. The lowest BCUT2D eigenvalue weighted by Crippen LogP contribution is -2.58. The fraction of sp³-hybridized carbons (Fsp3) is 0.650. The summed E-state index contributed by atoms with van der Waals surface area (Å²) in [4.78, 5) is 14.9. The van der Waals surface area contributed by atoms with Gasteiger partial charge in [-0.05, 0) is 50.9 Å². The molecule has 4 nitrogen and oxygen atoms in total. The minimum atomic E-state index is -0.0677. The van der Waals surface area contributed by atoms with Gasteiger partial charge in [-0.2, -0.15) is 0 Å². The third-order valence-corrected chi connectivity index (χ3v) is 5.93. The van der Waals surface area contributed by atoms with E-state index in [9.17, 15) is 4.79 Å². The second-order valence-corrected chi connectivity index (χ2v) is 7.74. The summed E-state index contributed by atoms with van der Waals surface area (Å²) in [5, 5.41) is 3.67. The number of halogens is 1. The fourth-order valence-electron chi connectivity index (χ4n) is 4.20. The second kappa shape index (κ2) is 8.91. The van der Waals surface area contributed by atoms with Crippen LogP contribution in [0.5, 0.6) is 5.75 Å². The van der Waals surface area contributed by atoms with Crippen LogP contribution in [-0.2, 0) is 4.79 Å². The van der Waals surface area contributed by atoms with E-state index in [0.717, 1.165) is 6.54 Å². The Morgan fingerprint density at radius 1 is 1.08 bits per heavy atom. The Morgan fingerprint density at radius 2 is 1.76 bits per heavy atom. The van der Waals surface area contributed by atoms with Gasteiger partial charge in [0, 0.05) is 12.1 Å². The van der Waals surface area contributed by atoms with Gasteiger partial charge in [-0.25, -0.2) is 0 Å². The van der Waals surface area contributed by atoms with Crippen molar-refractivity contribution >= 4 is 17.5 Å². The van der Waals surface area contributed by atoms with E-state index in [1.165, 1.54) is 64.5 Å². The Hall–Kier alpha value is -1.26. The molecule has 0 aromatic heterocycles. The maximum absolute atomic E-state index is 12.3. The first-order valence-corrected chi connectivity index (χ1v) is 9.97. The lowest BCUT2D eigenvalue weighted by atomic mass is 9.79. The fourth-order valence-corrected chi connectivity index (χ4v) is 4.39. The molecule has 1 saturated heterocycles. The highest BCUT2D eigenvalue weighted by Crippen LogP contribution is 2.35. The first kappa shape index (κ1) is 18.5. The van der Waals surface area contributed by atoms with Crippen molar-refractivity contribution < 1.29 is 9.53 Å². The zero-order valence-electron chi connectivity index (χ0n) is 14.9. The topological polar surface area (TPSA) is 41.6 Å². The monoisotopic (exact) mass is 364 g/mol. The number of hydrogen-bond acceptors (Lipinski definition) is 3. The van der Waals surface area contributed by atoms with Gasteiger partial charge in [0.15, 0.2) is 6.61 Å². The summed E-state index contributed by atoms with van der Waals surface area (Å²) in [5.41, 5.74) is 0.152. The summed E-state index contributed by atoms with van der Waals surface area (Å²) in [6, 6.07) is 7.25. The van der Waals surface area contributed by atoms with Gasteiger partial charge in [-0.15, -0.1) is 0 Å². The van der Waals surface area contributed by atoms with E-state index in [1.807, 2.05) is 12.1 Å². The van der Waals surface area contributed by atoms with Crippen LogP contribution in [0.3, 0.4) is 0 Å². The van der Waals surface area contributed by atoms with E-state index in [4.69, 9.17) is 16.3 Å². The standard InChI is InChI=1S/C20H29ClN2O2/c21-17-9-3-4-10-18(17)25-15-19(24)22-16-20(11-5-1-6-12-20)23-13-7-2-8-14-23/h3-4,9-10H,1-2,5-8,11-16H2,(H,22,24). The van der Waals surface area contributed by atoms with E-state index in [0.29, 0.717) is 10.8 Å². The number of ether oxygens (including phenoxy) is 1. The molecule has 2 fully saturated rings. The smallest absolute Gasteiger partial charge is 0.258 e. The number of piperidine rings is 1. The molecule has 3 rings (SSSR count). The van der Waals surface area contributed by atoms with Crippen LogP contribution in [0.15, 0.2) is 24.3 Å². The molecule has 1 aliphatic carbocycles. The molecule has 0 atom stereocenters. The molecule has 1 N–H and O–H groups in total. The number of nitrogens with zero attached hydrogens (tertiary/aromatic N) is 1. The summed E-state index contributed by atoms with van der Waals surface area (Å²) in [6.07, 6.45) is 10.1. The van der Waals surface area contributed by atoms with Crippen LogP contribution in [0.1, 0.15) is 51.4 Å². The zero-order valence-corrected chi connectivity index (χ0v) is 15.7. The molecule has 138 valence electrons. The first-order chi connectivity index (χ1) is 12.2. The van der Waals surface area contributed by atoms with Crippen molar-refractivity contribution in [3.8, 4) is 5.75 Å². The van der Waals surface area contributed by atoms with E-state index in [-0.39, 0.29) is 18.1 Å². The third-order valence-electron chi connectivity index (χ3n) is 5.62. The van der Waals surface area contributed by atoms with Gasteiger partial charge in [-0.1, -0.05) is 49.4 Å². The van der Waals surface area contributed by atoms with Crippen molar-refractivity contribution in [2.75, 3.05) is 26.2 Å². The average molecular weight is 365 g/mol. The van der Waals surface area contributed by atoms with Crippen molar-refractivity contribution in [3.63, 3.8) is 0 Å². The molecule has 0 unspecified atom stereocenters. The second-order valence-electron chi connectivity index (χ2n) is 7.33. The van der Waals surface area contributed by atoms with Crippen molar-refractivity contribution in [3.05, 3.63) is 29.3 Å². The minimum Gasteiger partial charge on any atom is -0.482 e. The van der Waals surface area contributed by atoms with Gasteiger partial charge >= 0.3 is 0 Å². The number of rotatable bonds is 6. The number of nitrogens with one attached hydrogen (secondary N) is 1. The summed E-state index contributed by atoms with van der Waals surface area (Å²) in [5.74, 6) is 0.490. The lowest BCUT2D eigenvalue weighted by molar-refractivity contribution is -0.124. The van der Waals surface area contributed by atoms with Crippen LogP contribution in [0.25, 0.3) is 0 Å². The highest BCUT2D eigenvalue weighted by molar-refractivity contribution is 6.32. The Kier molecular flexibility index (Phi) is 6.60. The molecule has 0 spiro atoms. The van der Waals surface area contributed by atoms with E-state index >= 15 is 0 Å². The van der Waals surface area contributed by atoms with Crippen molar-refractivity contribution in [2.45, 2.75) is 56.9 Å². The lowest BCUT2D eigenvalue weighted by Gasteiger charge is -2.48. The van der Waals surface area contributed by atoms with Gasteiger partial charge in [0.05, 0.1) is 5.02 Å². The molecule has 1 aliphatic heterocycles. The minimum absolute atomic E-state index is 0.0137. The number of carbonyl (C=O) groups is 1. The van der Waals surface area contributed by atoms with Crippen molar-refractivity contribution in [2.24, 2.45) is 0 Å². The van der Waals surface area contributed by atoms with Crippen LogP contribution in [0, 0.1) is 0 Å². The first-order valence-electron chi connectivity index (χ1n) is 9.59. The Morgan fingerprint density at radius 3 is 2.48 bits per heavy atom. The van der Waals surface area contributed by atoms with Gasteiger partial charge in [0.25, 0.3) is 5.91 Å². The maximum Gasteiger partial charge on any atom is 0.258 e. The number of benzene rings is 1. The van der Waals surface area contributed by atoms with E-state index < -0.39 is 0 Å². The van der Waals surface area contributed by atoms with Gasteiger partial charge in [-0.3, -0.25) is 9.69 Å². The molecule has 0 bridgehead atoms. The van der Waals surface area contributed by atoms with Crippen LogP contribution in [-0.4, -0.2) is 42.6 Å². The summed E-state index contributed by atoms with van der Waals surface area (Å²) >= 11 is 6.07. The number of para-hydroxylation sites is 1. The maximum atomic E-state index is 12.3. The molecule has 5 heteroatoms. The van der Waals surface area contributed by atoms with E-state index in [2.05, 4.69) is 10.2 Å². The highest BCUT2D eigenvalue weighted by atomic mass is 35.5. The molecule has 25 heavy (non-hydrogen) atoms. The Labute approximate surface area is 155 Å². The SMILES string of the molecule is O=C(COc1ccccc1Cl)NCC1(N2CCCCC2)CCCCC1. The van der Waals surface area contributed by atoms with Crippen LogP contribution < -0.4 is 10.1 Å². The number of carbonyl (C=O) groups excluding carboxylic acids is 1. The molecular weight excluding hydrogens is 336 g/mol. The summed E-state index contributed by atoms with van der Waals surface area (Å²) in [6.45, 7) is 3.09. The summed E-state index contributed by atoms with van der Waals surface area (Å²) in [7, 11) is 0. The quantitative estimate of drug-likeness (QED) is 0.828. The molecule has 1 amide bonds. The molecule has 2 aliphatic rings. The highest BCUT2D eigenvalue weighted by Gasteiger charge is 2.38. The normalized spacial score (nSPS) is 20.8. The third kappa shape index (κ3) is 4.89. The zero-order chi connectivity index (χ0) is 17.5. The number of hydrogen-bond donors (Lipinski definition) is 1. The molecule has 0 radical (unpaired) electrons. The predicted molar refractivity (Wildman–Crippen MR) is 101 cm³/mol. The van der Waals surface area contributed by atoms with Crippen LogP contribution in [0.4, 0.5) is 0 Å². The largest absolute Gasteiger partial charge is 0.482 e. The molecular formula is C20H29ClN2O2. The predicted octanol–water partition coefficient (Wildman–Crippen LogP) is 4.02. The Bertz CT molecular complexity index is 567.